The molecule has 1 aliphatic rings. The van der Waals surface area contributed by atoms with E-state index in [-0.39, 0.29) is 12.3 Å². The van der Waals surface area contributed by atoms with E-state index in [0.29, 0.717) is 0 Å². The molecule has 5 heteroatoms. The monoisotopic (exact) mass is 743 g/mol. The van der Waals surface area contributed by atoms with Gasteiger partial charge in [-0.25, -0.2) is 9.98 Å². The first-order chi connectivity index (χ1) is 28.7. The summed E-state index contributed by atoms with van der Waals surface area (Å²) >= 11 is 0. The summed E-state index contributed by atoms with van der Waals surface area (Å²) in [5.41, 5.74) is 10.7. The van der Waals surface area contributed by atoms with Crippen LogP contribution in [-0.2, 0) is 0 Å². The number of fused-ring (bicyclic) bond motifs is 6. The zero-order valence-electron chi connectivity index (χ0n) is 31.5. The van der Waals surface area contributed by atoms with E-state index in [1.807, 2.05) is 24.5 Å². The predicted molar refractivity (Wildman–Crippen MR) is 240 cm³/mol. The van der Waals surface area contributed by atoms with Crippen molar-refractivity contribution < 1.29 is 0 Å². The van der Waals surface area contributed by atoms with Crippen LogP contribution >= 0.6 is 0 Å². The Morgan fingerprint density at radius 1 is 0.431 bits per heavy atom. The Morgan fingerprint density at radius 2 is 1.05 bits per heavy atom. The zero-order chi connectivity index (χ0) is 38.4. The third-order valence-corrected chi connectivity index (χ3v) is 11.4. The van der Waals surface area contributed by atoms with Crippen LogP contribution in [0.1, 0.15) is 29.0 Å². The Morgan fingerprint density at radius 3 is 1.86 bits per heavy atom. The van der Waals surface area contributed by atoms with Gasteiger partial charge in [0.05, 0.1) is 11.2 Å². The van der Waals surface area contributed by atoms with E-state index in [2.05, 4.69) is 192 Å². The van der Waals surface area contributed by atoms with Crippen LogP contribution in [0.15, 0.2) is 205 Å². The highest BCUT2D eigenvalue weighted by Gasteiger charge is 2.26. The van der Waals surface area contributed by atoms with E-state index in [1.165, 1.54) is 27.1 Å². The lowest BCUT2D eigenvalue weighted by Crippen LogP contribution is -2.44. The van der Waals surface area contributed by atoms with Crippen LogP contribution in [0.2, 0.25) is 0 Å². The van der Waals surface area contributed by atoms with E-state index in [4.69, 9.17) is 9.98 Å². The molecule has 0 radical (unpaired) electrons. The highest BCUT2D eigenvalue weighted by Crippen LogP contribution is 2.39. The van der Waals surface area contributed by atoms with Gasteiger partial charge in [-0.05, 0) is 96.7 Å². The van der Waals surface area contributed by atoms with Crippen molar-refractivity contribution in [3.63, 3.8) is 0 Å². The lowest BCUT2D eigenvalue weighted by molar-refractivity contribution is 0.409. The smallest absolute Gasteiger partial charge is 0.131 e. The van der Waals surface area contributed by atoms with Gasteiger partial charge >= 0.3 is 0 Å². The van der Waals surface area contributed by atoms with Crippen LogP contribution in [0.4, 0.5) is 0 Å². The molecule has 0 bridgehead atoms. The van der Waals surface area contributed by atoms with E-state index in [0.717, 1.165) is 72.1 Å². The lowest BCUT2D eigenvalue weighted by atomic mass is 9.90. The molecule has 3 heterocycles. The number of nitrogens with one attached hydrogen (secondary N) is 2. The summed E-state index contributed by atoms with van der Waals surface area (Å²) in [7, 11) is 0. The maximum Gasteiger partial charge on any atom is 0.131 e. The van der Waals surface area contributed by atoms with E-state index in [1.54, 1.807) is 0 Å². The van der Waals surface area contributed by atoms with Crippen molar-refractivity contribution in [3.8, 4) is 33.5 Å². The van der Waals surface area contributed by atoms with Crippen molar-refractivity contribution in [1.29, 1.82) is 0 Å². The zero-order valence-corrected chi connectivity index (χ0v) is 31.5. The van der Waals surface area contributed by atoms with Gasteiger partial charge in [0.15, 0.2) is 0 Å². The second-order valence-electron chi connectivity index (χ2n) is 14.9. The number of benzene rings is 8. The number of aliphatic imine (C=N–C) groups is 1. The van der Waals surface area contributed by atoms with Gasteiger partial charge in [-0.3, -0.25) is 10.3 Å². The summed E-state index contributed by atoms with van der Waals surface area (Å²) in [4.78, 5) is 15.0. The molecule has 0 aliphatic carbocycles. The summed E-state index contributed by atoms with van der Waals surface area (Å²) < 4.78 is 0. The molecule has 2 N–H and O–H groups in total. The highest BCUT2D eigenvalue weighted by molar-refractivity contribution is 6.15. The molecule has 10 aromatic rings. The molecule has 58 heavy (non-hydrogen) atoms. The van der Waals surface area contributed by atoms with Crippen molar-refractivity contribution >= 4 is 49.1 Å². The van der Waals surface area contributed by atoms with Crippen molar-refractivity contribution in [2.24, 2.45) is 4.99 Å². The van der Waals surface area contributed by atoms with Gasteiger partial charge in [0, 0.05) is 34.3 Å². The van der Waals surface area contributed by atoms with Gasteiger partial charge in [-0.1, -0.05) is 152 Å². The van der Waals surface area contributed by atoms with Crippen molar-refractivity contribution in [2.45, 2.75) is 12.3 Å². The number of pyridine rings is 2. The van der Waals surface area contributed by atoms with Gasteiger partial charge in [0.2, 0.25) is 0 Å². The summed E-state index contributed by atoms with van der Waals surface area (Å²) in [5.74, 6) is 0.839. The molecule has 0 spiro atoms. The van der Waals surface area contributed by atoms with Gasteiger partial charge in [-0.15, -0.1) is 0 Å². The van der Waals surface area contributed by atoms with Crippen LogP contribution in [0.3, 0.4) is 0 Å². The molecule has 2 aromatic heterocycles. The normalized spacial score (nSPS) is 15.4. The first-order valence-electron chi connectivity index (χ1n) is 19.7. The standard InChI is InChI=1S/C53H37N5/c1-3-13-36(14-4-1)51-56-52(37-15-5-2-6-16-37)58-53(57-51)41-30-39(29-40(31-41)47-32-38-17-7-8-18-42(38)43-19-9-10-20-44(43)47)34-23-25-35(26-24-34)50-48-33-54-28-27-45(48)46-21-11-12-22-49(46)55-50/h1-33,51-52,56H,(H,57,58). The highest BCUT2D eigenvalue weighted by atomic mass is 15.3. The van der Waals surface area contributed by atoms with Crippen molar-refractivity contribution in [3.05, 3.63) is 217 Å². The molecule has 0 saturated carbocycles. The molecule has 0 amide bonds. The second kappa shape index (κ2) is 14.2. The molecule has 2 unspecified atom stereocenters. The predicted octanol–water partition coefficient (Wildman–Crippen LogP) is 12.4. The van der Waals surface area contributed by atoms with E-state index >= 15 is 0 Å². The van der Waals surface area contributed by atoms with Gasteiger partial charge in [0.1, 0.15) is 18.2 Å². The minimum Gasteiger partial charge on any atom is -0.350 e. The fourth-order valence-electron chi connectivity index (χ4n) is 8.55. The average Bonchev–Trinajstić information content (AvgIpc) is 3.31. The Hall–Kier alpha value is -7.47. The minimum atomic E-state index is -0.241. The fourth-order valence-corrected chi connectivity index (χ4v) is 8.55. The Kier molecular flexibility index (Phi) is 8.30. The molecule has 0 fully saturated rings. The molecule has 274 valence electrons. The fraction of sp³-hybridized carbons (Fsp3) is 0.0377. The number of amidine groups is 1. The number of rotatable bonds is 6. The Bertz CT molecular complexity index is 3180. The number of nitrogens with zero attached hydrogens (tertiary/aromatic N) is 3. The number of aromatic nitrogens is 2. The second-order valence-corrected chi connectivity index (χ2v) is 14.9. The molecular formula is C53H37N5. The number of hydrogen-bond donors (Lipinski definition) is 2. The van der Waals surface area contributed by atoms with Crippen molar-refractivity contribution in [1.82, 2.24) is 20.6 Å². The Labute approximate surface area is 336 Å². The third kappa shape index (κ3) is 6.06. The SMILES string of the molecule is c1ccc(C2N=C(c3cc(-c4ccc(-c5nc6ccccc6c6ccncc56)cc4)cc(-c4cc5ccccc5c5ccccc45)c3)NC(c3ccccc3)N2)cc1. The number of para-hydroxylation sites is 1. The average molecular weight is 744 g/mol. The number of hydrogen-bond acceptors (Lipinski definition) is 5. The maximum absolute atomic E-state index is 5.37. The minimum absolute atomic E-state index is 0.148. The summed E-state index contributed by atoms with van der Waals surface area (Å²) in [6, 6.07) is 66.9. The van der Waals surface area contributed by atoms with Gasteiger partial charge in [0.25, 0.3) is 0 Å². The molecule has 11 rings (SSSR count). The maximum atomic E-state index is 5.37. The van der Waals surface area contributed by atoms with Crippen molar-refractivity contribution in [2.75, 3.05) is 0 Å². The quantitative estimate of drug-likeness (QED) is 0.167. The largest absolute Gasteiger partial charge is 0.350 e. The molecule has 2 atom stereocenters. The van der Waals surface area contributed by atoms with E-state index in [9.17, 15) is 0 Å². The van der Waals surface area contributed by atoms with Gasteiger partial charge in [-0.2, -0.15) is 0 Å². The van der Waals surface area contributed by atoms with Crippen LogP contribution in [0.25, 0.3) is 76.7 Å². The molecule has 8 aromatic carbocycles. The van der Waals surface area contributed by atoms with Crippen LogP contribution in [0, 0.1) is 0 Å². The third-order valence-electron chi connectivity index (χ3n) is 11.4. The van der Waals surface area contributed by atoms with Gasteiger partial charge < -0.3 is 5.32 Å². The van der Waals surface area contributed by atoms with Crippen LogP contribution in [-0.4, -0.2) is 15.8 Å². The molecule has 5 nitrogen and oxygen atoms in total. The molecule has 0 saturated heterocycles. The molecular weight excluding hydrogens is 707 g/mol. The van der Waals surface area contributed by atoms with Crippen LogP contribution < -0.4 is 10.6 Å². The first kappa shape index (κ1) is 33.8. The topological polar surface area (TPSA) is 62.2 Å². The summed E-state index contributed by atoms with van der Waals surface area (Å²) in [6.45, 7) is 0. The molecule has 1 aliphatic heterocycles. The lowest BCUT2D eigenvalue weighted by Gasteiger charge is -2.32. The first-order valence-corrected chi connectivity index (χ1v) is 19.7. The Balaban J connectivity index is 1.09. The summed E-state index contributed by atoms with van der Waals surface area (Å²) in [5, 5.41) is 15.8. The summed E-state index contributed by atoms with van der Waals surface area (Å²) in [6.07, 6.45) is 3.40. The van der Waals surface area contributed by atoms with Crippen LogP contribution in [0.5, 0.6) is 0 Å². The van der Waals surface area contributed by atoms with E-state index < -0.39 is 0 Å².